The highest BCUT2D eigenvalue weighted by Crippen LogP contribution is 2.40. The van der Waals surface area contributed by atoms with Crippen LogP contribution in [0.2, 0.25) is 5.02 Å². The van der Waals surface area contributed by atoms with Gasteiger partial charge in [0.05, 0.1) is 12.6 Å². The van der Waals surface area contributed by atoms with Crippen LogP contribution in [0.1, 0.15) is 27.7 Å². The molecule has 10 heteroatoms. The Balaban J connectivity index is 1.28. The van der Waals surface area contributed by atoms with Crippen molar-refractivity contribution in [2.45, 2.75) is 32.3 Å². The molecule has 2 unspecified atom stereocenters. The molecule has 0 saturated carbocycles. The van der Waals surface area contributed by atoms with E-state index in [4.69, 9.17) is 26.5 Å². The molecule has 0 fully saturated rings. The zero-order chi connectivity index (χ0) is 27.8. The van der Waals surface area contributed by atoms with Gasteiger partial charge < -0.3 is 24.1 Å². The summed E-state index contributed by atoms with van der Waals surface area (Å²) in [5.74, 6) is 0.725. The molecule has 2 atom stereocenters. The van der Waals surface area contributed by atoms with Crippen LogP contribution in [0.25, 0.3) is 10.9 Å². The molecule has 0 saturated heterocycles. The molecular weight excluding hydrogens is 551 g/mol. The van der Waals surface area contributed by atoms with Gasteiger partial charge in [-0.15, -0.1) is 11.3 Å². The monoisotopic (exact) mass is 578 g/mol. The standard InChI is InChI=1S/C30H28ClFN4O3S/c1-18-17-35(29(33)40-18)14-15-38-22-7-2-19(3-8-22)28-27-24(25-16-20(31)4-11-26(25)34-27)12-13-36(28)30(37)39-23-9-5-21(32)6-10-23/h2-11,16-17,28,30,33-34,37H,12-15H2,1H3. The molecule has 3 heterocycles. The first-order chi connectivity index (χ1) is 19.4. The van der Waals surface area contributed by atoms with E-state index < -0.39 is 6.41 Å². The Labute approximate surface area is 239 Å². The molecule has 0 spiro atoms. The summed E-state index contributed by atoms with van der Waals surface area (Å²) in [6.45, 7) is 3.56. The minimum atomic E-state index is -1.26. The number of halogens is 2. The van der Waals surface area contributed by atoms with Gasteiger partial charge in [-0.25, -0.2) is 9.29 Å². The van der Waals surface area contributed by atoms with Gasteiger partial charge in [-0.3, -0.25) is 5.41 Å². The van der Waals surface area contributed by atoms with E-state index in [1.165, 1.54) is 35.6 Å². The number of benzene rings is 3. The number of rotatable bonds is 8. The third-order valence-electron chi connectivity index (χ3n) is 7.12. The van der Waals surface area contributed by atoms with Crippen LogP contribution in [0.5, 0.6) is 11.5 Å². The third-order valence-corrected chi connectivity index (χ3v) is 8.21. The lowest BCUT2D eigenvalue weighted by Gasteiger charge is -2.38. The summed E-state index contributed by atoms with van der Waals surface area (Å²) in [6, 6.07) is 18.9. The van der Waals surface area contributed by atoms with E-state index in [0.29, 0.717) is 41.7 Å². The van der Waals surface area contributed by atoms with E-state index in [0.717, 1.165) is 38.4 Å². The summed E-state index contributed by atoms with van der Waals surface area (Å²) in [6.07, 6.45) is 1.39. The average molecular weight is 579 g/mol. The van der Waals surface area contributed by atoms with E-state index in [9.17, 15) is 9.50 Å². The Hall–Kier alpha value is -3.63. The summed E-state index contributed by atoms with van der Waals surface area (Å²) < 4.78 is 27.1. The van der Waals surface area contributed by atoms with Gasteiger partial charge in [0.1, 0.15) is 23.9 Å². The highest BCUT2D eigenvalue weighted by molar-refractivity contribution is 7.09. The number of aliphatic hydroxyl groups excluding tert-OH is 1. The van der Waals surface area contributed by atoms with Gasteiger partial charge in [0.15, 0.2) is 4.80 Å². The predicted molar refractivity (Wildman–Crippen MR) is 153 cm³/mol. The van der Waals surface area contributed by atoms with Crippen molar-refractivity contribution in [3.05, 3.63) is 110 Å². The predicted octanol–water partition coefficient (Wildman–Crippen LogP) is 5.99. The molecule has 0 amide bonds. The molecular formula is C30H28ClFN4O3S. The normalized spacial score (nSPS) is 16.1. The van der Waals surface area contributed by atoms with E-state index >= 15 is 0 Å². The largest absolute Gasteiger partial charge is 0.492 e. The van der Waals surface area contributed by atoms with E-state index in [2.05, 4.69) is 4.98 Å². The molecule has 6 rings (SSSR count). The number of hydrogen-bond acceptors (Lipinski definition) is 6. The van der Waals surface area contributed by atoms with Crippen LogP contribution in [-0.2, 0) is 13.0 Å². The minimum Gasteiger partial charge on any atom is -0.492 e. The van der Waals surface area contributed by atoms with Gasteiger partial charge >= 0.3 is 0 Å². The highest BCUT2D eigenvalue weighted by atomic mass is 35.5. The fourth-order valence-electron chi connectivity index (χ4n) is 5.27. The summed E-state index contributed by atoms with van der Waals surface area (Å²) >= 11 is 7.77. The fraction of sp³-hybridized carbons (Fsp3) is 0.233. The first kappa shape index (κ1) is 26.6. The SMILES string of the molecule is Cc1cn(CCOc2ccc(C3c4[nH]c5ccc(Cl)cc5c4CCN3C(O)Oc3ccc(F)cc3)cc2)c(=N)s1. The summed E-state index contributed by atoms with van der Waals surface area (Å²) in [5, 5.41) is 21.0. The average Bonchev–Trinajstić information content (AvgIpc) is 3.47. The number of aliphatic hydroxyl groups is 1. The smallest absolute Gasteiger partial charge is 0.260 e. The Kier molecular flexibility index (Phi) is 7.37. The van der Waals surface area contributed by atoms with Gasteiger partial charge in [-0.1, -0.05) is 23.7 Å². The van der Waals surface area contributed by atoms with Crippen LogP contribution < -0.4 is 14.3 Å². The first-order valence-electron chi connectivity index (χ1n) is 13.0. The number of fused-ring (bicyclic) bond motifs is 3. The summed E-state index contributed by atoms with van der Waals surface area (Å²) in [4.78, 5) is 7.03. The zero-order valence-corrected chi connectivity index (χ0v) is 23.3. The van der Waals surface area contributed by atoms with Gasteiger partial charge in [0.25, 0.3) is 6.41 Å². The van der Waals surface area contributed by atoms with Crippen LogP contribution in [0.3, 0.4) is 0 Å². The fourth-order valence-corrected chi connectivity index (χ4v) is 6.19. The highest BCUT2D eigenvalue weighted by Gasteiger charge is 2.36. The van der Waals surface area contributed by atoms with Crippen molar-refractivity contribution in [1.29, 1.82) is 5.41 Å². The van der Waals surface area contributed by atoms with Crippen molar-refractivity contribution < 1.29 is 19.0 Å². The number of nitrogens with zero attached hydrogens (tertiary/aromatic N) is 2. The molecule has 0 radical (unpaired) electrons. The maximum Gasteiger partial charge on any atom is 0.260 e. The molecule has 3 aromatic carbocycles. The van der Waals surface area contributed by atoms with Crippen LogP contribution >= 0.6 is 22.9 Å². The van der Waals surface area contributed by atoms with E-state index in [1.54, 1.807) is 0 Å². The molecule has 7 nitrogen and oxygen atoms in total. The van der Waals surface area contributed by atoms with Crippen molar-refractivity contribution in [3.8, 4) is 11.5 Å². The molecule has 2 aromatic heterocycles. The Morgan fingerprint density at radius 3 is 2.60 bits per heavy atom. The van der Waals surface area contributed by atoms with Crippen molar-refractivity contribution in [2.24, 2.45) is 0 Å². The van der Waals surface area contributed by atoms with Crippen molar-refractivity contribution >= 4 is 33.8 Å². The molecule has 5 aromatic rings. The molecule has 1 aliphatic rings. The second-order valence-corrected chi connectivity index (χ2v) is 11.4. The number of ether oxygens (including phenoxy) is 2. The van der Waals surface area contributed by atoms with Crippen molar-refractivity contribution in [1.82, 2.24) is 14.5 Å². The van der Waals surface area contributed by atoms with Crippen molar-refractivity contribution in [2.75, 3.05) is 13.2 Å². The Morgan fingerprint density at radius 2 is 1.88 bits per heavy atom. The zero-order valence-electron chi connectivity index (χ0n) is 21.7. The van der Waals surface area contributed by atoms with Gasteiger partial charge in [0.2, 0.25) is 0 Å². The van der Waals surface area contributed by atoms with Gasteiger partial charge in [-0.05, 0) is 79.1 Å². The lowest BCUT2D eigenvalue weighted by atomic mass is 9.92. The molecule has 0 bridgehead atoms. The molecule has 40 heavy (non-hydrogen) atoms. The third kappa shape index (κ3) is 5.38. The number of thiazole rings is 1. The quantitative estimate of drug-likeness (QED) is 0.197. The number of hydrogen-bond donors (Lipinski definition) is 3. The number of nitrogens with one attached hydrogen (secondary N) is 2. The second-order valence-electron chi connectivity index (χ2n) is 9.75. The summed E-state index contributed by atoms with van der Waals surface area (Å²) in [7, 11) is 0. The Bertz CT molecular complexity index is 1700. The molecule has 3 N–H and O–H groups in total. The van der Waals surface area contributed by atoms with Gasteiger partial charge in [-0.2, -0.15) is 0 Å². The van der Waals surface area contributed by atoms with Crippen LogP contribution in [-0.4, -0.2) is 39.1 Å². The van der Waals surface area contributed by atoms with Crippen LogP contribution in [0, 0.1) is 18.2 Å². The lowest BCUT2D eigenvalue weighted by molar-refractivity contribution is -0.150. The molecule has 1 aliphatic heterocycles. The molecule has 0 aliphatic carbocycles. The van der Waals surface area contributed by atoms with Crippen LogP contribution in [0.15, 0.2) is 72.9 Å². The maximum atomic E-state index is 13.4. The number of aromatic nitrogens is 2. The molecule has 206 valence electrons. The number of aryl methyl sites for hydroxylation is 1. The topological polar surface area (TPSA) is 86.5 Å². The first-order valence-corrected chi connectivity index (χ1v) is 14.2. The van der Waals surface area contributed by atoms with Crippen LogP contribution in [0.4, 0.5) is 4.39 Å². The Morgan fingerprint density at radius 1 is 1.12 bits per heavy atom. The second kappa shape index (κ2) is 11.1. The van der Waals surface area contributed by atoms with E-state index in [1.807, 2.05) is 65.1 Å². The van der Waals surface area contributed by atoms with E-state index in [-0.39, 0.29) is 11.9 Å². The lowest BCUT2D eigenvalue weighted by Crippen LogP contribution is -2.46. The summed E-state index contributed by atoms with van der Waals surface area (Å²) in [5.41, 5.74) is 4.04. The number of aromatic amines is 1. The minimum absolute atomic E-state index is 0.338. The van der Waals surface area contributed by atoms with Gasteiger partial charge in [0, 0.05) is 39.2 Å². The van der Waals surface area contributed by atoms with Crippen molar-refractivity contribution in [3.63, 3.8) is 0 Å². The number of H-pyrrole nitrogens is 1. The maximum absolute atomic E-state index is 13.4.